The molecule has 1 aromatic rings. The Bertz CT molecular complexity index is 284. The summed E-state index contributed by atoms with van der Waals surface area (Å²) >= 11 is 0. The predicted octanol–water partition coefficient (Wildman–Crippen LogP) is 2.50. The van der Waals surface area contributed by atoms with Gasteiger partial charge < -0.3 is 10.1 Å². The van der Waals surface area contributed by atoms with E-state index in [4.69, 9.17) is 4.74 Å². The van der Waals surface area contributed by atoms with Crippen LogP contribution in [-0.4, -0.2) is 13.7 Å². The van der Waals surface area contributed by atoms with E-state index < -0.39 is 0 Å². The summed E-state index contributed by atoms with van der Waals surface area (Å²) in [6.45, 7) is 6.18. The summed E-state index contributed by atoms with van der Waals surface area (Å²) in [6, 6.07) is 6.31. The first-order chi connectivity index (χ1) is 6.77. The van der Waals surface area contributed by atoms with Gasteiger partial charge in [0.1, 0.15) is 5.75 Å². The van der Waals surface area contributed by atoms with E-state index in [-0.39, 0.29) is 0 Å². The van der Waals surface area contributed by atoms with E-state index in [0.29, 0.717) is 0 Å². The molecular weight excluding hydrogens is 174 g/mol. The molecule has 0 aromatic heterocycles. The van der Waals surface area contributed by atoms with Crippen LogP contribution in [0.3, 0.4) is 0 Å². The first-order valence-corrected chi connectivity index (χ1v) is 5.12. The third-order valence-electron chi connectivity index (χ3n) is 2.18. The molecule has 0 amide bonds. The molecule has 14 heavy (non-hydrogen) atoms. The minimum absolute atomic E-state index is 0.886. The molecule has 0 saturated heterocycles. The second-order valence-electron chi connectivity index (χ2n) is 3.49. The van der Waals surface area contributed by atoms with Crippen LogP contribution in [0.1, 0.15) is 24.5 Å². The summed E-state index contributed by atoms with van der Waals surface area (Å²) in [6.07, 6.45) is 1.16. The second kappa shape index (κ2) is 5.66. The molecule has 1 N–H and O–H groups in total. The lowest BCUT2D eigenvalue weighted by atomic mass is 10.1. The standard InChI is InChI=1S/C12H19NO/c1-4-7-13-9-11-6-5-10(2)8-12(11)14-3/h5-6,8,13H,4,7,9H2,1-3H3. The van der Waals surface area contributed by atoms with E-state index in [1.165, 1.54) is 11.1 Å². The van der Waals surface area contributed by atoms with Gasteiger partial charge in [0.2, 0.25) is 0 Å². The van der Waals surface area contributed by atoms with E-state index in [2.05, 4.69) is 37.4 Å². The van der Waals surface area contributed by atoms with Crippen molar-refractivity contribution in [2.45, 2.75) is 26.8 Å². The Morgan fingerprint density at radius 2 is 2.14 bits per heavy atom. The number of nitrogens with one attached hydrogen (secondary N) is 1. The summed E-state index contributed by atoms with van der Waals surface area (Å²) < 4.78 is 5.32. The Morgan fingerprint density at radius 3 is 2.79 bits per heavy atom. The SMILES string of the molecule is CCCNCc1ccc(C)cc1OC. The van der Waals surface area contributed by atoms with Gasteiger partial charge in [0, 0.05) is 12.1 Å². The van der Waals surface area contributed by atoms with Crippen molar-refractivity contribution in [3.63, 3.8) is 0 Å². The highest BCUT2D eigenvalue weighted by Crippen LogP contribution is 2.19. The maximum atomic E-state index is 5.32. The van der Waals surface area contributed by atoms with Crippen molar-refractivity contribution in [2.75, 3.05) is 13.7 Å². The molecule has 0 fully saturated rings. The molecule has 0 unspecified atom stereocenters. The number of ether oxygens (including phenoxy) is 1. The zero-order valence-electron chi connectivity index (χ0n) is 9.26. The molecule has 0 bridgehead atoms. The fourth-order valence-electron chi connectivity index (χ4n) is 1.40. The maximum absolute atomic E-state index is 5.32. The maximum Gasteiger partial charge on any atom is 0.123 e. The minimum Gasteiger partial charge on any atom is -0.496 e. The van der Waals surface area contributed by atoms with Gasteiger partial charge >= 0.3 is 0 Å². The van der Waals surface area contributed by atoms with Crippen molar-refractivity contribution in [3.05, 3.63) is 29.3 Å². The molecule has 0 spiro atoms. The van der Waals surface area contributed by atoms with Crippen LogP contribution in [0, 0.1) is 6.92 Å². The summed E-state index contributed by atoms with van der Waals surface area (Å²) in [5.41, 5.74) is 2.47. The van der Waals surface area contributed by atoms with Crippen LogP contribution in [0.15, 0.2) is 18.2 Å². The van der Waals surface area contributed by atoms with Crippen molar-refractivity contribution < 1.29 is 4.74 Å². The Morgan fingerprint density at radius 1 is 1.36 bits per heavy atom. The normalized spacial score (nSPS) is 10.2. The molecular formula is C12H19NO. The summed E-state index contributed by atoms with van der Waals surface area (Å²) in [5, 5.41) is 3.37. The Kier molecular flexibility index (Phi) is 4.47. The van der Waals surface area contributed by atoms with Crippen LogP contribution in [0.25, 0.3) is 0 Å². The zero-order valence-corrected chi connectivity index (χ0v) is 9.26. The van der Waals surface area contributed by atoms with Gasteiger partial charge in [-0.3, -0.25) is 0 Å². The summed E-state index contributed by atoms with van der Waals surface area (Å²) in [4.78, 5) is 0. The van der Waals surface area contributed by atoms with Gasteiger partial charge in [0.25, 0.3) is 0 Å². The molecule has 1 aromatic carbocycles. The fourth-order valence-corrected chi connectivity index (χ4v) is 1.40. The summed E-state index contributed by atoms with van der Waals surface area (Å²) in [5.74, 6) is 0.980. The Hall–Kier alpha value is -1.02. The molecule has 0 atom stereocenters. The molecule has 0 heterocycles. The highest BCUT2D eigenvalue weighted by Gasteiger charge is 2.01. The summed E-state index contributed by atoms with van der Waals surface area (Å²) in [7, 11) is 1.72. The van der Waals surface area contributed by atoms with Crippen LogP contribution in [-0.2, 0) is 6.54 Å². The topological polar surface area (TPSA) is 21.3 Å². The molecule has 0 radical (unpaired) electrons. The van der Waals surface area contributed by atoms with Crippen molar-refractivity contribution >= 4 is 0 Å². The average molecular weight is 193 g/mol. The van der Waals surface area contributed by atoms with E-state index in [1.54, 1.807) is 7.11 Å². The second-order valence-corrected chi connectivity index (χ2v) is 3.49. The van der Waals surface area contributed by atoms with Crippen LogP contribution >= 0.6 is 0 Å². The van der Waals surface area contributed by atoms with Crippen molar-refractivity contribution in [1.29, 1.82) is 0 Å². The van der Waals surface area contributed by atoms with Crippen LogP contribution in [0.2, 0.25) is 0 Å². The van der Waals surface area contributed by atoms with E-state index in [9.17, 15) is 0 Å². The first-order valence-electron chi connectivity index (χ1n) is 5.12. The van der Waals surface area contributed by atoms with Crippen LogP contribution < -0.4 is 10.1 Å². The number of hydrogen-bond donors (Lipinski definition) is 1. The van der Waals surface area contributed by atoms with Crippen molar-refractivity contribution in [3.8, 4) is 5.75 Å². The molecule has 78 valence electrons. The monoisotopic (exact) mass is 193 g/mol. The van der Waals surface area contributed by atoms with Crippen LogP contribution in [0.4, 0.5) is 0 Å². The Balaban J connectivity index is 2.65. The number of hydrogen-bond acceptors (Lipinski definition) is 2. The van der Waals surface area contributed by atoms with Gasteiger partial charge in [-0.25, -0.2) is 0 Å². The molecule has 1 rings (SSSR count). The lowest BCUT2D eigenvalue weighted by molar-refractivity contribution is 0.407. The molecule has 0 aliphatic rings. The molecule has 0 aliphatic carbocycles. The van der Waals surface area contributed by atoms with E-state index in [1.807, 2.05) is 0 Å². The van der Waals surface area contributed by atoms with Gasteiger partial charge in [-0.05, 0) is 31.5 Å². The number of methoxy groups -OCH3 is 1. The Labute approximate surface area is 86.3 Å². The largest absolute Gasteiger partial charge is 0.496 e. The van der Waals surface area contributed by atoms with E-state index in [0.717, 1.165) is 25.3 Å². The molecule has 2 heteroatoms. The van der Waals surface area contributed by atoms with Crippen molar-refractivity contribution in [2.24, 2.45) is 0 Å². The number of rotatable bonds is 5. The van der Waals surface area contributed by atoms with Crippen LogP contribution in [0.5, 0.6) is 5.75 Å². The van der Waals surface area contributed by atoms with E-state index >= 15 is 0 Å². The average Bonchev–Trinajstić information content (AvgIpc) is 2.20. The lowest BCUT2D eigenvalue weighted by Crippen LogP contribution is -2.14. The first kappa shape index (κ1) is 11.1. The smallest absolute Gasteiger partial charge is 0.123 e. The van der Waals surface area contributed by atoms with Gasteiger partial charge in [0.05, 0.1) is 7.11 Å². The molecule has 0 saturated carbocycles. The molecule has 2 nitrogen and oxygen atoms in total. The molecule has 0 aliphatic heterocycles. The number of aryl methyl sites for hydroxylation is 1. The number of benzene rings is 1. The minimum atomic E-state index is 0.886. The highest BCUT2D eigenvalue weighted by atomic mass is 16.5. The van der Waals surface area contributed by atoms with Gasteiger partial charge in [-0.2, -0.15) is 0 Å². The van der Waals surface area contributed by atoms with Gasteiger partial charge in [-0.1, -0.05) is 19.1 Å². The lowest BCUT2D eigenvalue weighted by Gasteiger charge is -2.09. The third-order valence-corrected chi connectivity index (χ3v) is 2.18. The fraction of sp³-hybridized carbons (Fsp3) is 0.500. The predicted molar refractivity (Wildman–Crippen MR) is 59.7 cm³/mol. The van der Waals surface area contributed by atoms with Gasteiger partial charge in [-0.15, -0.1) is 0 Å². The van der Waals surface area contributed by atoms with Gasteiger partial charge in [0.15, 0.2) is 0 Å². The quantitative estimate of drug-likeness (QED) is 0.725. The van der Waals surface area contributed by atoms with Crippen molar-refractivity contribution in [1.82, 2.24) is 5.32 Å². The highest BCUT2D eigenvalue weighted by molar-refractivity contribution is 5.36. The third kappa shape index (κ3) is 3.04. The zero-order chi connectivity index (χ0) is 10.4.